The van der Waals surface area contributed by atoms with E-state index in [0.29, 0.717) is 18.0 Å². The molecule has 1 heterocycles. The van der Waals surface area contributed by atoms with Crippen LogP contribution in [0.3, 0.4) is 0 Å². The van der Waals surface area contributed by atoms with Crippen LogP contribution < -0.4 is 0 Å². The Morgan fingerprint density at radius 1 is 1.10 bits per heavy atom. The van der Waals surface area contributed by atoms with E-state index in [1.807, 2.05) is 35.2 Å². The summed E-state index contributed by atoms with van der Waals surface area (Å²) in [5, 5.41) is 0. The largest absolute Gasteiger partial charge is 0.334 e. The van der Waals surface area contributed by atoms with Gasteiger partial charge >= 0.3 is 0 Å². The molecule has 0 aliphatic carbocycles. The molecule has 3 nitrogen and oxygen atoms in total. The first-order chi connectivity index (χ1) is 9.66. The molecule has 0 aliphatic rings. The third kappa shape index (κ3) is 3.92. The van der Waals surface area contributed by atoms with Crippen LogP contribution in [0, 0.1) is 5.92 Å². The lowest BCUT2D eigenvalue weighted by molar-refractivity contribution is 0.0722. The van der Waals surface area contributed by atoms with E-state index in [0.717, 1.165) is 12.1 Å². The number of carbonyl (C=O) groups excluding carboxylic acids is 1. The summed E-state index contributed by atoms with van der Waals surface area (Å²) >= 11 is 0. The fourth-order valence-electron chi connectivity index (χ4n) is 2.14. The first-order valence-corrected chi connectivity index (χ1v) is 6.90. The predicted octanol–water partition coefficient (Wildman–Crippen LogP) is 3.38. The van der Waals surface area contributed by atoms with Crippen LogP contribution in [0.4, 0.5) is 0 Å². The fourth-order valence-corrected chi connectivity index (χ4v) is 2.14. The first kappa shape index (κ1) is 14.3. The average molecular weight is 268 g/mol. The Morgan fingerprint density at radius 2 is 1.75 bits per heavy atom. The van der Waals surface area contributed by atoms with Crippen molar-refractivity contribution in [3.63, 3.8) is 0 Å². The van der Waals surface area contributed by atoms with Crippen molar-refractivity contribution in [2.45, 2.75) is 20.4 Å². The highest BCUT2D eigenvalue weighted by Gasteiger charge is 2.17. The van der Waals surface area contributed by atoms with Crippen molar-refractivity contribution in [2.24, 2.45) is 5.92 Å². The van der Waals surface area contributed by atoms with Crippen molar-refractivity contribution in [1.82, 2.24) is 9.88 Å². The molecule has 20 heavy (non-hydrogen) atoms. The number of hydrogen-bond donors (Lipinski definition) is 0. The number of pyridine rings is 1. The Hall–Kier alpha value is -2.16. The van der Waals surface area contributed by atoms with Gasteiger partial charge in [-0.2, -0.15) is 0 Å². The topological polar surface area (TPSA) is 33.2 Å². The van der Waals surface area contributed by atoms with E-state index in [1.54, 1.807) is 24.5 Å². The SMILES string of the molecule is CC(C)CN(Cc1ccccc1)C(=O)c1ccncc1. The summed E-state index contributed by atoms with van der Waals surface area (Å²) in [4.78, 5) is 18.4. The summed E-state index contributed by atoms with van der Waals surface area (Å²) in [6, 6.07) is 13.6. The molecule has 3 heteroatoms. The monoisotopic (exact) mass is 268 g/mol. The maximum atomic E-state index is 12.6. The van der Waals surface area contributed by atoms with Crippen LogP contribution in [0.15, 0.2) is 54.9 Å². The molecule has 0 N–H and O–H groups in total. The van der Waals surface area contributed by atoms with Crippen LogP contribution >= 0.6 is 0 Å². The zero-order chi connectivity index (χ0) is 14.4. The highest BCUT2D eigenvalue weighted by Crippen LogP contribution is 2.11. The van der Waals surface area contributed by atoms with Gasteiger partial charge in [0.2, 0.25) is 0 Å². The quantitative estimate of drug-likeness (QED) is 0.833. The molecular weight excluding hydrogens is 248 g/mol. The highest BCUT2D eigenvalue weighted by molar-refractivity contribution is 5.94. The second-order valence-electron chi connectivity index (χ2n) is 5.30. The minimum absolute atomic E-state index is 0.0601. The molecule has 0 spiro atoms. The molecule has 0 saturated carbocycles. The van der Waals surface area contributed by atoms with Gasteiger partial charge in [-0.3, -0.25) is 9.78 Å². The van der Waals surface area contributed by atoms with Gasteiger partial charge in [-0.15, -0.1) is 0 Å². The maximum Gasteiger partial charge on any atom is 0.254 e. The Kier molecular flexibility index (Phi) is 4.88. The third-order valence-corrected chi connectivity index (χ3v) is 3.02. The molecule has 2 rings (SSSR count). The van der Waals surface area contributed by atoms with Crippen molar-refractivity contribution >= 4 is 5.91 Å². The standard InChI is InChI=1S/C17H20N2O/c1-14(2)12-19(13-15-6-4-3-5-7-15)17(20)16-8-10-18-11-9-16/h3-11,14H,12-13H2,1-2H3. The lowest BCUT2D eigenvalue weighted by Gasteiger charge is -2.25. The molecular formula is C17H20N2O. The van der Waals surface area contributed by atoms with Crippen LogP contribution in [-0.2, 0) is 6.54 Å². The number of carbonyl (C=O) groups is 1. The number of benzene rings is 1. The van der Waals surface area contributed by atoms with E-state index in [1.165, 1.54) is 0 Å². The second-order valence-corrected chi connectivity index (χ2v) is 5.30. The van der Waals surface area contributed by atoms with Gasteiger partial charge in [0.15, 0.2) is 0 Å². The molecule has 0 radical (unpaired) electrons. The molecule has 2 aromatic rings. The Labute approximate surface area is 120 Å². The Morgan fingerprint density at radius 3 is 2.35 bits per heavy atom. The summed E-state index contributed by atoms with van der Waals surface area (Å²) in [5.74, 6) is 0.495. The zero-order valence-electron chi connectivity index (χ0n) is 12.0. The van der Waals surface area contributed by atoms with E-state index >= 15 is 0 Å². The normalized spacial score (nSPS) is 10.6. The van der Waals surface area contributed by atoms with Crippen molar-refractivity contribution in [3.05, 3.63) is 66.0 Å². The first-order valence-electron chi connectivity index (χ1n) is 6.90. The smallest absolute Gasteiger partial charge is 0.254 e. The Bertz CT molecular complexity index is 537. The van der Waals surface area contributed by atoms with Gasteiger partial charge in [-0.1, -0.05) is 44.2 Å². The lowest BCUT2D eigenvalue weighted by Crippen LogP contribution is -2.33. The average Bonchev–Trinajstić information content (AvgIpc) is 2.47. The summed E-state index contributed by atoms with van der Waals surface area (Å²) in [7, 11) is 0. The minimum Gasteiger partial charge on any atom is -0.334 e. The van der Waals surface area contributed by atoms with Gasteiger partial charge in [0.25, 0.3) is 5.91 Å². The van der Waals surface area contributed by atoms with Crippen molar-refractivity contribution < 1.29 is 4.79 Å². The molecule has 0 fully saturated rings. The molecule has 0 atom stereocenters. The molecule has 1 aromatic carbocycles. The van der Waals surface area contributed by atoms with Crippen molar-refractivity contribution in [1.29, 1.82) is 0 Å². The third-order valence-electron chi connectivity index (χ3n) is 3.02. The number of rotatable bonds is 5. The summed E-state index contributed by atoms with van der Waals surface area (Å²) in [5.41, 5.74) is 1.84. The van der Waals surface area contributed by atoms with Gasteiger partial charge in [-0.25, -0.2) is 0 Å². The number of hydrogen-bond acceptors (Lipinski definition) is 2. The van der Waals surface area contributed by atoms with Crippen molar-refractivity contribution in [2.75, 3.05) is 6.54 Å². The molecule has 1 aromatic heterocycles. The number of nitrogens with zero attached hydrogens (tertiary/aromatic N) is 2. The van der Waals surface area contributed by atoms with E-state index in [9.17, 15) is 4.79 Å². The minimum atomic E-state index is 0.0601. The summed E-state index contributed by atoms with van der Waals surface area (Å²) < 4.78 is 0. The van der Waals surface area contributed by atoms with Gasteiger partial charge in [-0.05, 0) is 23.6 Å². The van der Waals surface area contributed by atoms with Gasteiger partial charge in [0.1, 0.15) is 0 Å². The second kappa shape index (κ2) is 6.85. The van der Waals surface area contributed by atoms with E-state index in [4.69, 9.17) is 0 Å². The van der Waals surface area contributed by atoms with Crippen LogP contribution in [-0.4, -0.2) is 22.3 Å². The molecule has 0 unspecified atom stereocenters. The zero-order valence-corrected chi connectivity index (χ0v) is 12.0. The van der Waals surface area contributed by atoms with Gasteiger partial charge in [0.05, 0.1) is 0 Å². The molecule has 104 valence electrons. The number of aromatic nitrogens is 1. The van der Waals surface area contributed by atoms with E-state index in [-0.39, 0.29) is 5.91 Å². The Balaban J connectivity index is 2.17. The van der Waals surface area contributed by atoms with Gasteiger partial charge < -0.3 is 4.90 Å². The maximum absolute atomic E-state index is 12.6. The van der Waals surface area contributed by atoms with Crippen LogP contribution in [0.5, 0.6) is 0 Å². The molecule has 0 aliphatic heterocycles. The summed E-state index contributed by atoms with van der Waals surface area (Å²) in [6.45, 7) is 5.63. The van der Waals surface area contributed by atoms with Gasteiger partial charge in [0, 0.05) is 31.0 Å². The van der Waals surface area contributed by atoms with Crippen LogP contribution in [0.2, 0.25) is 0 Å². The summed E-state index contributed by atoms with van der Waals surface area (Å²) in [6.07, 6.45) is 3.31. The van der Waals surface area contributed by atoms with E-state index in [2.05, 4.69) is 18.8 Å². The predicted molar refractivity (Wildman–Crippen MR) is 80.3 cm³/mol. The van der Waals surface area contributed by atoms with E-state index < -0.39 is 0 Å². The lowest BCUT2D eigenvalue weighted by atomic mass is 10.1. The highest BCUT2D eigenvalue weighted by atomic mass is 16.2. The molecule has 0 bridgehead atoms. The molecule has 0 saturated heterocycles. The van der Waals surface area contributed by atoms with Crippen LogP contribution in [0.1, 0.15) is 29.8 Å². The fraction of sp³-hybridized carbons (Fsp3) is 0.294. The number of amides is 1. The van der Waals surface area contributed by atoms with Crippen LogP contribution in [0.25, 0.3) is 0 Å². The van der Waals surface area contributed by atoms with Crippen molar-refractivity contribution in [3.8, 4) is 0 Å². The molecule has 1 amide bonds.